The highest BCUT2D eigenvalue weighted by Crippen LogP contribution is 1.87. The smallest absolute Gasteiger partial charge is 0.332 e. The van der Waals surface area contributed by atoms with Crippen molar-refractivity contribution in [2.45, 2.75) is 6.04 Å². The third kappa shape index (κ3) is 3.15. The van der Waals surface area contributed by atoms with E-state index in [9.17, 15) is 13.2 Å². The Bertz CT molecular complexity index is 234. The zero-order valence-corrected chi connectivity index (χ0v) is 5.58. The third-order valence-electron chi connectivity index (χ3n) is 0.671. The summed E-state index contributed by atoms with van der Waals surface area (Å²) >= 11 is 0. The number of carboxylic acids is 1. The summed E-state index contributed by atoms with van der Waals surface area (Å²) in [5.74, 6) is -1.47. The molecule has 0 unspecified atom stereocenters. The molecule has 0 aromatic carbocycles. The number of carbonyl (C=O) groups is 1. The van der Waals surface area contributed by atoms with Gasteiger partial charge in [0.15, 0.2) is 6.04 Å². The van der Waals surface area contributed by atoms with E-state index in [0.29, 0.717) is 0 Å². The number of nitrogens with zero attached hydrogens (tertiary/aromatic N) is 1. The van der Waals surface area contributed by atoms with Crippen molar-refractivity contribution in [3.63, 3.8) is 0 Å². The van der Waals surface area contributed by atoms with Crippen LogP contribution in [0.5, 0.6) is 0 Å². The average Bonchev–Trinajstić information content (AvgIpc) is 1.81. The summed E-state index contributed by atoms with van der Waals surface area (Å²) in [7, 11) is -2.78. The fourth-order valence-electron chi connectivity index (χ4n) is 0.260. The Morgan fingerprint density at radius 2 is 2.10 bits per heavy atom. The van der Waals surface area contributed by atoms with Crippen LogP contribution in [-0.4, -0.2) is 37.2 Å². The summed E-state index contributed by atoms with van der Waals surface area (Å²) in [6.45, 7) is -0.816. The number of rotatable bonds is 3. The van der Waals surface area contributed by atoms with Gasteiger partial charge in [-0.1, -0.05) is 0 Å². The zero-order chi connectivity index (χ0) is 8.15. The number of carboxylic acid groups (broad SMARTS) is 1. The minimum atomic E-state index is -2.78. The van der Waals surface area contributed by atoms with Crippen molar-refractivity contribution in [3.8, 4) is 0 Å². The number of aliphatic carboxylic acids is 1. The molecule has 6 nitrogen and oxygen atoms in total. The molecule has 0 saturated carbocycles. The molecule has 0 aliphatic carbocycles. The summed E-state index contributed by atoms with van der Waals surface area (Å²) < 4.78 is 22.1. The number of aliphatic hydroxyl groups excluding tert-OH is 1. The molecule has 0 aromatic rings. The lowest BCUT2D eigenvalue weighted by Crippen LogP contribution is -2.21. The van der Waals surface area contributed by atoms with Crippen molar-refractivity contribution >= 4 is 16.5 Å². The molecule has 0 aromatic heterocycles. The molecule has 0 amide bonds. The first kappa shape index (κ1) is 9.05. The average molecular weight is 167 g/mol. The summed E-state index contributed by atoms with van der Waals surface area (Å²) in [6, 6.07) is -1.57. The van der Waals surface area contributed by atoms with Gasteiger partial charge in [-0.15, -0.1) is 0 Å². The van der Waals surface area contributed by atoms with Gasteiger partial charge in [0.25, 0.3) is 0 Å². The highest BCUT2D eigenvalue weighted by Gasteiger charge is 2.14. The lowest BCUT2D eigenvalue weighted by molar-refractivity contribution is -0.139. The van der Waals surface area contributed by atoms with Crippen LogP contribution in [-0.2, 0) is 15.3 Å². The molecule has 0 rings (SSSR count). The minimum absolute atomic E-state index is 0.816. The van der Waals surface area contributed by atoms with E-state index >= 15 is 0 Å². The Kier molecular flexibility index (Phi) is 3.59. The number of aliphatic hydroxyl groups is 1. The number of hydrogen-bond acceptors (Lipinski definition) is 5. The normalized spacial score (nSPS) is 12.1. The maximum atomic E-state index is 9.94. The summed E-state index contributed by atoms with van der Waals surface area (Å²) in [4.78, 5) is 9.94. The van der Waals surface area contributed by atoms with Crippen molar-refractivity contribution < 1.29 is 23.4 Å². The van der Waals surface area contributed by atoms with Crippen LogP contribution in [0.2, 0.25) is 0 Å². The molecule has 58 valence electrons. The Morgan fingerprint density at radius 3 is 2.20 bits per heavy atom. The van der Waals surface area contributed by atoms with Crippen molar-refractivity contribution in [2.75, 3.05) is 6.61 Å². The first-order chi connectivity index (χ1) is 4.57. The van der Waals surface area contributed by atoms with Crippen molar-refractivity contribution in [3.05, 3.63) is 0 Å². The molecule has 10 heavy (non-hydrogen) atoms. The molecular weight excluding hydrogens is 162 g/mol. The molecule has 0 aliphatic rings. The highest BCUT2D eigenvalue weighted by molar-refractivity contribution is 7.61. The second-order valence-electron chi connectivity index (χ2n) is 1.36. The summed E-state index contributed by atoms with van der Waals surface area (Å²) in [5, 5.41) is 16.3. The van der Waals surface area contributed by atoms with Gasteiger partial charge in [-0.05, 0) is 0 Å². The van der Waals surface area contributed by atoms with Gasteiger partial charge >= 0.3 is 16.5 Å². The van der Waals surface area contributed by atoms with E-state index in [1.54, 1.807) is 0 Å². The molecular formula is C3H5NO5S. The van der Waals surface area contributed by atoms with Crippen LogP contribution in [0.4, 0.5) is 0 Å². The molecule has 0 saturated heterocycles. The van der Waals surface area contributed by atoms with Crippen molar-refractivity contribution in [1.82, 2.24) is 0 Å². The third-order valence-corrected chi connectivity index (χ3v) is 1.10. The second-order valence-corrected chi connectivity index (χ2v) is 2.00. The van der Waals surface area contributed by atoms with Gasteiger partial charge in [0.2, 0.25) is 0 Å². The second kappa shape index (κ2) is 3.96. The fraction of sp³-hybridized carbons (Fsp3) is 0.667. The van der Waals surface area contributed by atoms with Gasteiger partial charge < -0.3 is 10.2 Å². The van der Waals surface area contributed by atoms with Crippen LogP contribution in [0.15, 0.2) is 4.36 Å². The minimum Gasteiger partial charge on any atom is -0.480 e. The van der Waals surface area contributed by atoms with Crippen LogP contribution in [0.3, 0.4) is 0 Å². The van der Waals surface area contributed by atoms with Crippen molar-refractivity contribution in [1.29, 1.82) is 0 Å². The van der Waals surface area contributed by atoms with Gasteiger partial charge in [0.05, 0.1) is 6.61 Å². The Morgan fingerprint density at radius 1 is 1.60 bits per heavy atom. The first-order valence-electron chi connectivity index (χ1n) is 2.21. The van der Waals surface area contributed by atoms with E-state index in [0.717, 1.165) is 0 Å². The Labute approximate surface area is 57.8 Å². The van der Waals surface area contributed by atoms with Crippen LogP contribution >= 0.6 is 0 Å². The molecule has 0 spiro atoms. The summed E-state index contributed by atoms with van der Waals surface area (Å²) in [5.41, 5.74) is 0. The zero-order valence-electron chi connectivity index (χ0n) is 4.76. The molecule has 0 radical (unpaired) electrons. The predicted octanol–water partition coefficient (Wildman–Crippen LogP) is -1.51. The fourth-order valence-corrected chi connectivity index (χ4v) is 0.625. The van der Waals surface area contributed by atoms with Crippen LogP contribution < -0.4 is 0 Å². The summed E-state index contributed by atoms with van der Waals surface area (Å²) in [6.07, 6.45) is 0. The first-order valence-corrected chi connectivity index (χ1v) is 3.25. The highest BCUT2D eigenvalue weighted by atomic mass is 32.2. The van der Waals surface area contributed by atoms with E-state index in [-0.39, 0.29) is 0 Å². The molecule has 0 aliphatic heterocycles. The van der Waals surface area contributed by atoms with E-state index in [4.69, 9.17) is 10.2 Å². The van der Waals surface area contributed by atoms with Gasteiger partial charge in [-0.2, -0.15) is 12.8 Å². The maximum absolute atomic E-state index is 9.94. The van der Waals surface area contributed by atoms with E-state index in [1.807, 2.05) is 0 Å². The van der Waals surface area contributed by atoms with Gasteiger partial charge in [0, 0.05) is 0 Å². The molecule has 1 atom stereocenters. The standard InChI is InChI=1S/C3H5NO5S/c5-1-2(3(6)7)4-10(8)9/h2,5H,1H2,(H,6,7)/t2-/m1/s1. The largest absolute Gasteiger partial charge is 0.480 e. The topological polar surface area (TPSA) is 104 Å². The maximum Gasteiger partial charge on any atom is 0.332 e. The lowest BCUT2D eigenvalue weighted by atomic mass is 10.3. The Balaban J connectivity index is 4.39. The van der Waals surface area contributed by atoms with E-state index in [1.165, 1.54) is 0 Å². The molecule has 0 fully saturated rings. The Hall–Kier alpha value is -0.950. The number of hydrogen-bond donors (Lipinski definition) is 2. The van der Waals surface area contributed by atoms with Gasteiger partial charge in [-0.3, -0.25) is 0 Å². The van der Waals surface area contributed by atoms with Gasteiger partial charge in [-0.25, -0.2) is 4.79 Å². The molecule has 0 heterocycles. The van der Waals surface area contributed by atoms with E-state index in [2.05, 4.69) is 4.36 Å². The lowest BCUT2D eigenvalue weighted by Gasteiger charge is -1.95. The molecule has 0 bridgehead atoms. The van der Waals surface area contributed by atoms with Crippen LogP contribution in [0.1, 0.15) is 0 Å². The van der Waals surface area contributed by atoms with Gasteiger partial charge in [0.1, 0.15) is 0 Å². The van der Waals surface area contributed by atoms with Crippen LogP contribution in [0, 0.1) is 0 Å². The quantitative estimate of drug-likeness (QED) is 0.532. The van der Waals surface area contributed by atoms with E-state index < -0.39 is 29.1 Å². The molecule has 7 heteroatoms. The SMILES string of the molecule is O=C(O)[C@@H](CO)N=S(=O)=O. The monoisotopic (exact) mass is 167 g/mol. The predicted molar refractivity (Wildman–Crippen MR) is 29.9 cm³/mol. The molecule has 2 N–H and O–H groups in total. The van der Waals surface area contributed by atoms with Crippen LogP contribution in [0.25, 0.3) is 0 Å². The van der Waals surface area contributed by atoms with Crippen molar-refractivity contribution in [2.24, 2.45) is 4.36 Å².